The van der Waals surface area contributed by atoms with Crippen LogP contribution in [-0.4, -0.2) is 17.0 Å². The van der Waals surface area contributed by atoms with E-state index in [9.17, 15) is 9.90 Å². The predicted octanol–water partition coefficient (Wildman–Crippen LogP) is 9.38. The SMILES string of the molecule is CCC(C(=O)O)C1(c2ccc(OCc3ccccc3)cc2OCc2ccccc2)C(=O)N(C(c2ccccc2)c2ccccc2)c2ccccc21. The van der Waals surface area contributed by atoms with Gasteiger partial charge >= 0.3 is 5.97 Å². The first-order chi connectivity index (χ1) is 25.0. The highest BCUT2D eigenvalue weighted by Gasteiger charge is 2.61. The van der Waals surface area contributed by atoms with Crippen molar-refractivity contribution < 1.29 is 24.2 Å². The number of aliphatic carboxylic acids is 1. The van der Waals surface area contributed by atoms with Crippen molar-refractivity contribution in [3.05, 3.63) is 197 Å². The zero-order valence-electron chi connectivity index (χ0n) is 28.4. The van der Waals surface area contributed by atoms with Crippen LogP contribution in [0.15, 0.2) is 164 Å². The Labute approximate surface area is 298 Å². The molecule has 2 atom stereocenters. The molecular formula is C45H39NO5. The number of amides is 1. The Bertz CT molecular complexity index is 2060. The Balaban J connectivity index is 1.43. The maximum absolute atomic E-state index is 15.8. The second-order valence-electron chi connectivity index (χ2n) is 12.7. The lowest BCUT2D eigenvalue weighted by Crippen LogP contribution is -2.50. The Kier molecular flexibility index (Phi) is 9.66. The number of carbonyl (C=O) groups is 2. The average Bonchev–Trinajstić information content (AvgIpc) is 3.43. The van der Waals surface area contributed by atoms with E-state index >= 15 is 4.79 Å². The van der Waals surface area contributed by atoms with Crippen LogP contribution < -0.4 is 14.4 Å². The van der Waals surface area contributed by atoms with Crippen LogP contribution in [0.4, 0.5) is 5.69 Å². The summed E-state index contributed by atoms with van der Waals surface area (Å²) in [4.78, 5) is 31.0. The second kappa shape index (κ2) is 14.8. The minimum Gasteiger partial charge on any atom is -0.489 e. The number of carboxylic acid groups (broad SMARTS) is 1. The molecule has 0 spiro atoms. The summed E-state index contributed by atoms with van der Waals surface area (Å²) < 4.78 is 12.9. The molecule has 0 aromatic heterocycles. The molecule has 6 aromatic carbocycles. The lowest BCUT2D eigenvalue weighted by molar-refractivity contribution is -0.147. The molecule has 0 saturated heterocycles. The largest absolute Gasteiger partial charge is 0.489 e. The number of anilines is 1. The number of ether oxygens (including phenoxy) is 2. The van der Waals surface area contributed by atoms with Crippen molar-refractivity contribution in [3.63, 3.8) is 0 Å². The molecule has 2 unspecified atom stereocenters. The number of para-hydroxylation sites is 1. The van der Waals surface area contributed by atoms with Gasteiger partial charge in [0.15, 0.2) is 0 Å². The lowest BCUT2D eigenvalue weighted by Gasteiger charge is -2.37. The highest BCUT2D eigenvalue weighted by Crippen LogP contribution is 2.56. The van der Waals surface area contributed by atoms with Gasteiger partial charge in [-0.25, -0.2) is 0 Å². The molecule has 0 fully saturated rings. The summed E-state index contributed by atoms with van der Waals surface area (Å²) in [5.74, 6) is -1.55. The Hall–Kier alpha value is -6.14. The number of hydrogen-bond acceptors (Lipinski definition) is 4. The summed E-state index contributed by atoms with van der Waals surface area (Å²) in [5, 5.41) is 11.0. The zero-order chi connectivity index (χ0) is 35.2. The van der Waals surface area contributed by atoms with Gasteiger partial charge in [0.05, 0.1) is 12.0 Å². The Morgan fingerprint density at radius 1 is 0.647 bits per heavy atom. The third kappa shape index (κ3) is 6.37. The standard InChI is InChI=1S/C45H39NO5/c1-2-37(43(47)48)45(39-28-27-36(50-30-32-17-7-3-8-18-32)29-41(39)51-31-33-19-9-4-10-20-33)38-25-15-16-26-40(38)46(44(45)49)42(34-21-11-5-12-22-34)35-23-13-6-14-24-35/h3-29,37,42H,2,30-31H2,1H3,(H,47,48). The summed E-state index contributed by atoms with van der Waals surface area (Å²) in [6, 6.07) is 51.9. The van der Waals surface area contributed by atoms with Crippen molar-refractivity contribution in [2.75, 3.05) is 4.90 Å². The molecule has 6 heteroatoms. The molecule has 6 aromatic rings. The summed E-state index contributed by atoms with van der Waals surface area (Å²) in [6.07, 6.45) is 0.203. The maximum atomic E-state index is 15.8. The number of fused-ring (bicyclic) bond motifs is 1. The van der Waals surface area contributed by atoms with E-state index < -0.39 is 23.3 Å². The average molecular weight is 674 g/mol. The quantitative estimate of drug-likeness (QED) is 0.132. The summed E-state index contributed by atoms with van der Waals surface area (Å²) >= 11 is 0. The molecule has 0 aliphatic carbocycles. The van der Waals surface area contributed by atoms with Crippen molar-refractivity contribution in [1.82, 2.24) is 0 Å². The third-order valence-electron chi connectivity index (χ3n) is 9.73. The van der Waals surface area contributed by atoms with Crippen LogP contribution in [0.2, 0.25) is 0 Å². The minimum absolute atomic E-state index is 0.203. The Morgan fingerprint density at radius 2 is 1.16 bits per heavy atom. The van der Waals surface area contributed by atoms with Crippen LogP contribution in [0.3, 0.4) is 0 Å². The first-order valence-electron chi connectivity index (χ1n) is 17.3. The van der Waals surface area contributed by atoms with Crippen molar-refractivity contribution >= 4 is 17.6 Å². The molecule has 1 heterocycles. The molecule has 0 radical (unpaired) electrons. The Morgan fingerprint density at radius 3 is 1.71 bits per heavy atom. The van der Waals surface area contributed by atoms with Gasteiger partial charge in [-0.2, -0.15) is 0 Å². The fourth-order valence-corrected chi connectivity index (χ4v) is 7.41. The second-order valence-corrected chi connectivity index (χ2v) is 12.7. The first-order valence-corrected chi connectivity index (χ1v) is 17.3. The molecule has 1 aliphatic rings. The van der Waals surface area contributed by atoms with E-state index in [1.807, 2.05) is 165 Å². The molecule has 1 aliphatic heterocycles. The predicted molar refractivity (Wildman–Crippen MR) is 199 cm³/mol. The fraction of sp³-hybridized carbons (Fsp3) is 0.156. The molecular weight excluding hydrogens is 634 g/mol. The fourth-order valence-electron chi connectivity index (χ4n) is 7.41. The van der Waals surface area contributed by atoms with Crippen LogP contribution in [0, 0.1) is 5.92 Å². The molecule has 51 heavy (non-hydrogen) atoms. The zero-order valence-corrected chi connectivity index (χ0v) is 28.4. The number of rotatable bonds is 13. The lowest BCUT2D eigenvalue weighted by atomic mass is 9.65. The van der Waals surface area contributed by atoms with Crippen molar-refractivity contribution in [1.29, 1.82) is 0 Å². The number of benzene rings is 6. The van der Waals surface area contributed by atoms with Crippen LogP contribution in [-0.2, 0) is 28.2 Å². The molecule has 0 saturated carbocycles. The molecule has 7 rings (SSSR count). The number of nitrogens with zero attached hydrogens (tertiary/aromatic N) is 1. The summed E-state index contributed by atoms with van der Waals surface area (Å²) in [5.41, 5.74) is 3.92. The monoisotopic (exact) mass is 673 g/mol. The molecule has 0 bridgehead atoms. The smallest absolute Gasteiger partial charge is 0.308 e. The van der Waals surface area contributed by atoms with E-state index in [2.05, 4.69) is 0 Å². The van der Waals surface area contributed by atoms with Gasteiger partial charge in [0.2, 0.25) is 5.91 Å². The number of carbonyl (C=O) groups excluding carboxylic acids is 1. The van der Waals surface area contributed by atoms with Gasteiger partial charge in [-0.15, -0.1) is 0 Å². The van der Waals surface area contributed by atoms with Gasteiger partial charge in [-0.1, -0.05) is 153 Å². The minimum atomic E-state index is -1.62. The van der Waals surface area contributed by atoms with E-state index in [4.69, 9.17) is 9.47 Å². The molecule has 1 N–H and O–H groups in total. The molecule has 254 valence electrons. The van der Waals surface area contributed by atoms with Crippen LogP contribution in [0.1, 0.15) is 52.8 Å². The van der Waals surface area contributed by atoms with Gasteiger partial charge in [0.1, 0.15) is 30.1 Å². The number of carboxylic acids is 1. The van der Waals surface area contributed by atoms with Gasteiger partial charge in [0, 0.05) is 17.3 Å². The third-order valence-corrected chi connectivity index (χ3v) is 9.73. The van der Waals surface area contributed by atoms with E-state index in [1.54, 1.807) is 11.0 Å². The van der Waals surface area contributed by atoms with Gasteiger partial charge < -0.3 is 14.6 Å². The van der Waals surface area contributed by atoms with Gasteiger partial charge in [-0.3, -0.25) is 14.5 Å². The maximum Gasteiger partial charge on any atom is 0.308 e. The van der Waals surface area contributed by atoms with Crippen molar-refractivity contribution in [3.8, 4) is 11.5 Å². The van der Waals surface area contributed by atoms with E-state index in [1.165, 1.54) is 0 Å². The topological polar surface area (TPSA) is 76.1 Å². The molecule has 6 nitrogen and oxygen atoms in total. The normalized spacial score (nSPS) is 15.7. The van der Waals surface area contributed by atoms with Crippen molar-refractivity contribution in [2.45, 2.75) is 38.0 Å². The van der Waals surface area contributed by atoms with Gasteiger partial charge in [-0.05, 0) is 46.4 Å². The summed E-state index contributed by atoms with van der Waals surface area (Å²) in [6.45, 7) is 2.38. The summed E-state index contributed by atoms with van der Waals surface area (Å²) in [7, 11) is 0. The first kappa shape index (κ1) is 33.4. The van der Waals surface area contributed by atoms with Crippen LogP contribution >= 0.6 is 0 Å². The van der Waals surface area contributed by atoms with E-state index in [0.717, 1.165) is 22.3 Å². The van der Waals surface area contributed by atoms with E-state index in [-0.39, 0.29) is 18.9 Å². The van der Waals surface area contributed by atoms with Gasteiger partial charge in [0.25, 0.3) is 0 Å². The van der Waals surface area contributed by atoms with Crippen molar-refractivity contribution in [2.24, 2.45) is 5.92 Å². The highest BCUT2D eigenvalue weighted by molar-refractivity contribution is 6.13. The van der Waals surface area contributed by atoms with Crippen LogP contribution in [0.25, 0.3) is 0 Å². The number of hydrogen-bond donors (Lipinski definition) is 1. The highest BCUT2D eigenvalue weighted by atomic mass is 16.5. The van der Waals surface area contributed by atoms with Crippen LogP contribution in [0.5, 0.6) is 11.5 Å². The molecule has 1 amide bonds. The van der Waals surface area contributed by atoms with E-state index in [0.29, 0.717) is 34.9 Å².